The number of anilines is 1. The van der Waals surface area contributed by atoms with Crippen molar-refractivity contribution in [1.82, 2.24) is 0 Å². The van der Waals surface area contributed by atoms with Gasteiger partial charge in [-0.25, -0.2) is 9.18 Å². The molecule has 0 fully saturated rings. The molecule has 22 heavy (non-hydrogen) atoms. The summed E-state index contributed by atoms with van der Waals surface area (Å²) in [5.74, 6) is -0.287. The van der Waals surface area contributed by atoms with E-state index in [4.69, 9.17) is 4.74 Å². The summed E-state index contributed by atoms with van der Waals surface area (Å²) in [6, 6.07) is 12.7. The Morgan fingerprint density at radius 1 is 1.27 bits per heavy atom. The maximum absolute atomic E-state index is 14.0. The van der Waals surface area contributed by atoms with E-state index < -0.39 is 6.09 Å². The first-order valence-corrected chi connectivity index (χ1v) is 7.90. The van der Waals surface area contributed by atoms with Crippen LogP contribution < -0.4 is 4.90 Å². The van der Waals surface area contributed by atoms with Crippen LogP contribution >= 0.6 is 15.9 Å². The average Bonchev–Trinajstić information content (AvgIpc) is 2.53. The number of carbonyl (C=O) groups is 1. The second-order valence-electron chi connectivity index (χ2n) is 5.18. The van der Waals surface area contributed by atoms with Crippen molar-refractivity contribution >= 4 is 27.7 Å². The molecule has 0 aliphatic carbocycles. The summed E-state index contributed by atoms with van der Waals surface area (Å²) in [5, 5.41) is 0. The smallest absolute Gasteiger partial charge is 0.414 e. The zero-order valence-corrected chi connectivity index (χ0v) is 13.5. The Bertz CT molecular complexity index is 691. The third kappa shape index (κ3) is 3.14. The Kier molecular flexibility index (Phi) is 4.43. The number of nitrogens with zero attached hydrogens (tertiary/aromatic N) is 1. The van der Waals surface area contributed by atoms with Gasteiger partial charge in [0.2, 0.25) is 0 Å². The molecule has 0 radical (unpaired) electrons. The lowest BCUT2D eigenvalue weighted by molar-refractivity contribution is 0.146. The van der Waals surface area contributed by atoms with Gasteiger partial charge in [-0.05, 0) is 30.5 Å². The molecule has 1 heterocycles. The lowest BCUT2D eigenvalue weighted by Gasteiger charge is -2.29. The summed E-state index contributed by atoms with van der Waals surface area (Å²) in [7, 11) is 0. The lowest BCUT2D eigenvalue weighted by Crippen LogP contribution is -2.36. The van der Waals surface area contributed by atoms with E-state index in [0.717, 1.165) is 12.0 Å². The van der Waals surface area contributed by atoms with Gasteiger partial charge in [-0.15, -0.1) is 0 Å². The molecule has 0 N–H and O–H groups in total. The summed E-state index contributed by atoms with van der Waals surface area (Å²) in [5.41, 5.74) is 2.09. The first-order valence-electron chi connectivity index (χ1n) is 7.11. The van der Waals surface area contributed by atoms with E-state index in [-0.39, 0.29) is 12.4 Å². The molecule has 2 aromatic rings. The molecule has 2 aromatic carbocycles. The monoisotopic (exact) mass is 363 g/mol. The van der Waals surface area contributed by atoms with Crippen LogP contribution in [0.5, 0.6) is 0 Å². The van der Waals surface area contributed by atoms with E-state index in [1.54, 1.807) is 6.07 Å². The van der Waals surface area contributed by atoms with Gasteiger partial charge in [0.25, 0.3) is 0 Å². The highest BCUT2D eigenvalue weighted by atomic mass is 79.9. The van der Waals surface area contributed by atoms with Crippen molar-refractivity contribution < 1.29 is 13.9 Å². The first-order chi connectivity index (χ1) is 10.6. The molecule has 0 saturated heterocycles. The van der Waals surface area contributed by atoms with E-state index in [0.29, 0.717) is 28.7 Å². The van der Waals surface area contributed by atoms with Gasteiger partial charge >= 0.3 is 6.09 Å². The minimum atomic E-state index is -0.442. The summed E-state index contributed by atoms with van der Waals surface area (Å²) < 4.78 is 20.0. The first kappa shape index (κ1) is 15.0. The SMILES string of the molecule is O=C(OCc1ccccc1)N1CCCc2c(F)cc(Br)cc21. The Morgan fingerprint density at radius 2 is 2.05 bits per heavy atom. The molecule has 0 aromatic heterocycles. The van der Waals surface area contributed by atoms with Crippen LogP contribution in [0.1, 0.15) is 17.5 Å². The topological polar surface area (TPSA) is 29.5 Å². The van der Waals surface area contributed by atoms with Crippen LogP contribution in [-0.4, -0.2) is 12.6 Å². The summed E-state index contributed by atoms with van der Waals surface area (Å²) in [6.45, 7) is 0.749. The number of hydrogen-bond acceptors (Lipinski definition) is 2. The van der Waals surface area contributed by atoms with Gasteiger partial charge in [-0.2, -0.15) is 0 Å². The van der Waals surface area contributed by atoms with E-state index >= 15 is 0 Å². The molecule has 114 valence electrons. The molecule has 1 aliphatic rings. The number of halogens is 2. The van der Waals surface area contributed by atoms with Crippen molar-refractivity contribution in [2.45, 2.75) is 19.4 Å². The fraction of sp³-hybridized carbons (Fsp3) is 0.235. The van der Waals surface area contributed by atoms with Crippen LogP contribution in [0.3, 0.4) is 0 Å². The quantitative estimate of drug-likeness (QED) is 0.775. The fourth-order valence-electron chi connectivity index (χ4n) is 2.60. The number of amides is 1. The summed E-state index contributed by atoms with van der Waals surface area (Å²) in [6.07, 6.45) is 0.922. The molecule has 3 rings (SSSR count). The van der Waals surface area contributed by atoms with Crippen molar-refractivity contribution in [2.75, 3.05) is 11.4 Å². The van der Waals surface area contributed by atoms with Gasteiger partial charge < -0.3 is 4.74 Å². The minimum absolute atomic E-state index is 0.210. The summed E-state index contributed by atoms with van der Waals surface area (Å²) in [4.78, 5) is 13.8. The zero-order valence-electron chi connectivity index (χ0n) is 11.9. The van der Waals surface area contributed by atoms with Gasteiger partial charge in [-0.3, -0.25) is 4.90 Å². The number of carbonyl (C=O) groups excluding carboxylic acids is 1. The minimum Gasteiger partial charge on any atom is -0.444 e. The van der Waals surface area contributed by atoms with Gasteiger partial charge in [0.15, 0.2) is 0 Å². The zero-order chi connectivity index (χ0) is 15.5. The standard InChI is InChI=1S/C17H15BrFNO2/c18-13-9-15(19)14-7-4-8-20(16(14)10-13)17(21)22-11-12-5-2-1-3-6-12/h1-3,5-6,9-10H,4,7-8,11H2. The second-order valence-corrected chi connectivity index (χ2v) is 6.10. The third-order valence-electron chi connectivity index (χ3n) is 3.66. The van der Waals surface area contributed by atoms with Crippen LogP contribution in [0.25, 0.3) is 0 Å². The van der Waals surface area contributed by atoms with Gasteiger partial charge in [-0.1, -0.05) is 46.3 Å². The maximum Gasteiger partial charge on any atom is 0.414 e. The van der Waals surface area contributed by atoms with E-state index in [1.165, 1.54) is 11.0 Å². The third-order valence-corrected chi connectivity index (χ3v) is 4.12. The van der Waals surface area contributed by atoms with Crippen LogP contribution in [0, 0.1) is 5.82 Å². The molecular formula is C17H15BrFNO2. The molecule has 5 heteroatoms. The van der Waals surface area contributed by atoms with Crippen molar-refractivity contribution in [3.05, 3.63) is 63.9 Å². The predicted molar refractivity (Wildman–Crippen MR) is 86.4 cm³/mol. The number of rotatable bonds is 2. The van der Waals surface area contributed by atoms with Crippen LogP contribution in [0.2, 0.25) is 0 Å². The highest BCUT2D eigenvalue weighted by Gasteiger charge is 2.26. The van der Waals surface area contributed by atoms with E-state index in [1.807, 2.05) is 30.3 Å². The molecule has 0 spiro atoms. The van der Waals surface area contributed by atoms with Crippen molar-refractivity contribution in [1.29, 1.82) is 0 Å². The number of hydrogen-bond donors (Lipinski definition) is 0. The summed E-state index contributed by atoms with van der Waals surface area (Å²) >= 11 is 3.27. The van der Waals surface area contributed by atoms with E-state index in [9.17, 15) is 9.18 Å². The van der Waals surface area contributed by atoms with Crippen molar-refractivity contribution in [2.24, 2.45) is 0 Å². The van der Waals surface area contributed by atoms with Crippen LogP contribution in [-0.2, 0) is 17.8 Å². The number of benzene rings is 2. The Labute approximate surface area is 136 Å². The van der Waals surface area contributed by atoms with Gasteiger partial charge in [0.1, 0.15) is 12.4 Å². The van der Waals surface area contributed by atoms with Gasteiger partial charge in [0, 0.05) is 16.6 Å². The largest absolute Gasteiger partial charge is 0.444 e. The normalized spacial score (nSPS) is 13.6. The molecule has 0 unspecified atom stereocenters. The van der Waals surface area contributed by atoms with Crippen LogP contribution in [0.15, 0.2) is 46.9 Å². The molecule has 0 saturated carbocycles. The Balaban J connectivity index is 1.77. The predicted octanol–water partition coefficient (Wildman–Crippen LogP) is 4.68. The molecule has 1 aliphatic heterocycles. The van der Waals surface area contributed by atoms with E-state index in [2.05, 4.69) is 15.9 Å². The maximum atomic E-state index is 14.0. The lowest BCUT2D eigenvalue weighted by atomic mass is 10.0. The Morgan fingerprint density at radius 3 is 2.82 bits per heavy atom. The molecule has 0 bridgehead atoms. The molecule has 3 nitrogen and oxygen atoms in total. The fourth-order valence-corrected chi connectivity index (χ4v) is 3.02. The molecule has 1 amide bonds. The highest BCUT2D eigenvalue weighted by molar-refractivity contribution is 9.10. The van der Waals surface area contributed by atoms with Gasteiger partial charge in [0.05, 0.1) is 5.69 Å². The molecular weight excluding hydrogens is 349 g/mol. The highest BCUT2D eigenvalue weighted by Crippen LogP contribution is 2.33. The average molecular weight is 364 g/mol. The number of fused-ring (bicyclic) bond motifs is 1. The van der Waals surface area contributed by atoms with Crippen LogP contribution in [0.4, 0.5) is 14.9 Å². The molecule has 0 atom stereocenters. The van der Waals surface area contributed by atoms with Crippen molar-refractivity contribution in [3.8, 4) is 0 Å². The second kappa shape index (κ2) is 6.48. The van der Waals surface area contributed by atoms with Crippen molar-refractivity contribution in [3.63, 3.8) is 0 Å². The number of ether oxygens (including phenoxy) is 1. The Hall–Kier alpha value is -1.88.